The number of hydrogen-bond donors (Lipinski definition) is 1. The molecule has 1 atom stereocenters. The Balaban J connectivity index is 2.11. The van der Waals surface area contributed by atoms with Crippen molar-refractivity contribution in [1.82, 2.24) is 0 Å². The van der Waals surface area contributed by atoms with E-state index < -0.39 is 16.9 Å². The van der Waals surface area contributed by atoms with Crippen LogP contribution in [0.15, 0.2) is 42.5 Å². The predicted molar refractivity (Wildman–Crippen MR) is 88.0 cm³/mol. The highest BCUT2D eigenvalue weighted by molar-refractivity contribution is 6.33. The van der Waals surface area contributed by atoms with Crippen molar-refractivity contribution >= 4 is 28.9 Å². The van der Waals surface area contributed by atoms with Gasteiger partial charge in [0.05, 0.1) is 15.6 Å². The van der Waals surface area contributed by atoms with Crippen molar-refractivity contribution in [1.29, 1.82) is 0 Å². The first-order chi connectivity index (χ1) is 10.9. The summed E-state index contributed by atoms with van der Waals surface area (Å²) in [6.45, 7) is 3.46. The van der Waals surface area contributed by atoms with E-state index in [2.05, 4.69) is 5.32 Å². The molecule has 2 rings (SSSR count). The van der Waals surface area contributed by atoms with Crippen LogP contribution in [-0.4, -0.2) is 16.9 Å². The molecular formula is C16H15ClN2O4. The molecule has 7 heteroatoms. The highest BCUT2D eigenvalue weighted by Gasteiger charge is 2.18. The van der Waals surface area contributed by atoms with Crippen molar-refractivity contribution in [3.8, 4) is 5.75 Å². The molecule has 0 spiro atoms. The second-order valence-corrected chi connectivity index (χ2v) is 5.34. The van der Waals surface area contributed by atoms with Crippen LogP contribution in [0.1, 0.15) is 12.5 Å². The topological polar surface area (TPSA) is 81.5 Å². The van der Waals surface area contributed by atoms with Gasteiger partial charge in [-0.1, -0.05) is 29.8 Å². The van der Waals surface area contributed by atoms with Gasteiger partial charge in [-0.05, 0) is 31.5 Å². The third-order valence-corrected chi connectivity index (χ3v) is 3.51. The maximum absolute atomic E-state index is 12.2. The highest BCUT2D eigenvalue weighted by atomic mass is 35.5. The lowest BCUT2D eigenvalue weighted by molar-refractivity contribution is -0.384. The van der Waals surface area contributed by atoms with Gasteiger partial charge in [-0.2, -0.15) is 0 Å². The number of anilines is 1. The fourth-order valence-electron chi connectivity index (χ4n) is 1.89. The summed E-state index contributed by atoms with van der Waals surface area (Å²) in [6, 6.07) is 11.2. The number of aryl methyl sites for hydroxylation is 1. The largest absolute Gasteiger partial charge is 0.481 e. The van der Waals surface area contributed by atoms with E-state index in [4.69, 9.17) is 16.3 Å². The molecule has 0 radical (unpaired) electrons. The van der Waals surface area contributed by atoms with E-state index in [9.17, 15) is 14.9 Å². The number of nitrogens with zero attached hydrogens (tertiary/aromatic N) is 1. The number of carbonyl (C=O) groups excluding carboxylic acids is 1. The normalized spacial score (nSPS) is 11.6. The number of ether oxygens (including phenoxy) is 1. The number of halogens is 1. The quantitative estimate of drug-likeness (QED) is 0.662. The van der Waals surface area contributed by atoms with Crippen LogP contribution in [0.3, 0.4) is 0 Å². The maximum atomic E-state index is 12.2. The fourth-order valence-corrected chi connectivity index (χ4v) is 2.05. The molecule has 0 aliphatic heterocycles. The van der Waals surface area contributed by atoms with Crippen LogP contribution in [0.5, 0.6) is 5.75 Å². The third-order valence-electron chi connectivity index (χ3n) is 3.19. The van der Waals surface area contributed by atoms with Crippen LogP contribution in [0, 0.1) is 17.0 Å². The molecule has 0 saturated heterocycles. The van der Waals surface area contributed by atoms with E-state index in [1.54, 1.807) is 13.0 Å². The zero-order valence-electron chi connectivity index (χ0n) is 12.6. The van der Waals surface area contributed by atoms with Crippen molar-refractivity contribution in [2.75, 3.05) is 5.32 Å². The number of nitro benzene ring substituents is 1. The van der Waals surface area contributed by atoms with Gasteiger partial charge in [-0.25, -0.2) is 0 Å². The molecule has 0 heterocycles. The van der Waals surface area contributed by atoms with Crippen LogP contribution >= 0.6 is 11.6 Å². The summed E-state index contributed by atoms with van der Waals surface area (Å²) in [5, 5.41) is 13.5. The van der Waals surface area contributed by atoms with E-state index in [0.717, 1.165) is 5.56 Å². The first kappa shape index (κ1) is 16.8. The second-order valence-electron chi connectivity index (χ2n) is 4.94. The standard InChI is InChI=1S/C16H15ClN2O4/c1-10-5-3-4-6-15(10)23-11(2)16(20)18-14-9-12(19(21)22)7-8-13(14)17/h3-9,11H,1-2H3,(H,18,20). The Kier molecular flexibility index (Phi) is 5.18. The van der Waals surface area contributed by atoms with Crippen molar-refractivity contribution in [2.45, 2.75) is 20.0 Å². The number of carbonyl (C=O) groups is 1. The number of nitro groups is 1. The minimum absolute atomic E-state index is 0.155. The first-order valence-electron chi connectivity index (χ1n) is 6.85. The molecule has 0 saturated carbocycles. The maximum Gasteiger partial charge on any atom is 0.271 e. The van der Waals surface area contributed by atoms with Gasteiger partial charge >= 0.3 is 0 Å². The lowest BCUT2D eigenvalue weighted by Crippen LogP contribution is -2.30. The molecule has 2 aromatic rings. The molecule has 1 N–H and O–H groups in total. The van der Waals surface area contributed by atoms with Crippen LogP contribution in [-0.2, 0) is 4.79 Å². The van der Waals surface area contributed by atoms with Gasteiger partial charge < -0.3 is 10.1 Å². The Labute approximate surface area is 138 Å². The minimum Gasteiger partial charge on any atom is -0.481 e. The molecule has 0 aromatic heterocycles. The molecule has 0 aliphatic rings. The number of non-ortho nitro benzene ring substituents is 1. The van der Waals surface area contributed by atoms with E-state index in [1.807, 2.05) is 25.1 Å². The molecule has 120 valence electrons. The van der Waals surface area contributed by atoms with Gasteiger partial charge in [-0.15, -0.1) is 0 Å². The van der Waals surface area contributed by atoms with Gasteiger partial charge in [-0.3, -0.25) is 14.9 Å². The lowest BCUT2D eigenvalue weighted by Gasteiger charge is -2.16. The Hall–Kier alpha value is -2.60. The van der Waals surface area contributed by atoms with Gasteiger partial charge in [0.25, 0.3) is 11.6 Å². The minimum atomic E-state index is -0.786. The predicted octanol–water partition coefficient (Wildman–Crippen LogP) is 3.96. The van der Waals surface area contributed by atoms with Crippen molar-refractivity contribution in [3.05, 3.63) is 63.2 Å². The molecule has 2 aromatic carbocycles. The Bertz CT molecular complexity index is 749. The lowest BCUT2D eigenvalue weighted by atomic mass is 10.2. The second kappa shape index (κ2) is 7.11. The number of hydrogen-bond acceptors (Lipinski definition) is 4. The summed E-state index contributed by atoms with van der Waals surface area (Å²) in [5.41, 5.74) is 0.920. The molecular weight excluding hydrogens is 320 g/mol. The summed E-state index contributed by atoms with van der Waals surface area (Å²) in [4.78, 5) is 22.4. The number of rotatable bonds is 5. The van der Waals surface area contributed by atoms with E-state index in [-0.39, 0.29) is 16.4 Å². The average Bonchev–Trinajstić information content (AvgIpc) is 2.51. The number of amides is 1. The molecule has 6 nitrogen and oxygen atoms in total. The number of nitrogens with one attached hydrogen (secondary N) is 1. The smallest absolute Gasteiger partial charge is 0.271 e. The molecule has 0 bridgehead atoms. The zero-order valence-corrected chi connectivity index (χ0v) is 13.3. The zero-order chi connectivity index (χ0) is 17.0. The van der Waals surface area contributed by atoms with Crippen LogP contribution < -0.4 is 10.1 Å². The third kappa shape index (κ3) is 4.20. The highest BCUT2D eigenvalue weighted by Crippen LogP contribution is 2.27. The Morgan fingerprint density at radius 3 is 2.65 bits per heavy atom. The van der Waals surface area contributed by atoms with Gasteiger partial charge in [0.2, 0.25) is 0 Å². The Morgan fingerprint density at radius 1 is 1.30 bits per heavy atom. The molecule has 23 heavy (non-hydrogen) atoms. The molecule has 1 unspecified atom stereocenters. The van der Waals surface area contributed by atoms with Crippen molar-refractivity contribution in [3.63, 3.8) is 0 Å². The van der Waals surface area contributed by atoms with Crippen LogP contribution in [0.4, 0.5) is 11.4 Å². The fraction of sp³-hybridized carbons (Fsp3) is 0.188. The summed E-state index contributed by atoms with van der Waals surface area (Å²) >= 11 is 5.96. The molecule has 1 amide bonds. The summed E-state index contributed by atoms with van der Waals surface area (Å²) < 4.78 is 5.61. The summed E-state index contributed by atoms with van der Waals surface area (Å²) in [7, 11) is 0. The van der Waals surface area contributed by atoms with Gasteiger partial charge in [0, 0.05) is 12.1 Å². The van der Waals surface area contributed by atoms with E-state index >= 15 is 0 Å². The van der Waals surface area contributed by atoms with Crippen molar-refractivity contribution < 1.29 is 14.5 Å². The van der Waals surface area contributed by atoms with E-state index in [1.165, 1.54) is 18.2 Å². The SMILES string of the molecule is Cc1ccccc1OC(C)C(=O)Nc1cc([N+](=O)[O-])ccc1Cl. The first-order valence-corrected chi connectivity index (χ1v) is 7.23. The average molecular weight is 335 g/mol. The van der Waals surface area contributed by atoms with Crippen LogP contribution in [0.2, 0.25) is 5.02 Å². The molecule has 0 aliphatic carbocycles. The molecule has 0 fully saturated rings. The monoisotopic (exact) mass is 334 g/mol. The summed E-state index contributed by atoms with van der Waals surface area (Å²) in [6.07, 6.45) is -0.786. The Morgan fingerprint density at radius 2 is 2.00 bits per heavy atom. The van der Waals surface area contributed by atoms with Gasteiger partial charge in [0.15, 0.2) is 6.10 Å². The number of para-hydroxylation sites is 1. The van der Waals surface area contributed by atoms with Crippen molar-refractivity contribution in [2.24, 2.45) is 0 Å². The van der Waals surface area contributed by atoms with Crippen LogP contribution in [0.25, 0.3) is 0 Å². The van der Waals surface area contributed by atoms with E-state index in [0.29, 0.717) is 5.75 Å². The van der Waals surface area contributed by atoms with Gasteiger partial charge in [0.1, 0.15) is 5.75 Å². The number of benzene rings is 2. The summed E-state index contributed by atoms with van der Waals surface area (Å²) in [5.74, 6) is 0.149.